The highest BCUT2D eigenvalue weighted by molar-refractivity contribution is 5.95. The standard InChI is InChI=1S/C38H39N3/c1-4-39-26-23-30(33-13-7-10-16-36(33)39)21-19-29(32-25-28-41(6-3)38-18-12-9-15-35(32)38)20-22-31-24-27-40(5-2)37-17-11-8-14-34(31)37/h7-21,23-28,31H,4-6,22H2,1-3H3/q+2. The topological polar surface area (TPSA) is 11.0 Å². The second-order valence-corrected chi connectivity index (χ2v) is 10.6. The maximum absolute atomic E-state index is 2.44. The Morgan fingerprint density at radius 1 is 0.756 bits per heavy atom. The number of hydrogen-bond donors (Lipinski definition) is 0. The zero-order chi connectivity index (χ0) is 28.2. The number of allylic oxidation sites excluding steroid dienone is 4. The lowest BCUT2D eigenvalue weighted by molar-refractivity contribution is -0.668. The molecular formula is C38H39N3+2. The molecule has 2 aromatic heterocycles. The number of anilines is 1. The Morgan fingerprint density at radius 2 is 1.41 bits per heavy atom. The van der Waals surface area contributed by atoms with Gasteiger partial charge in [-0.1, -0.05) is 66.8 Å². The first-order chi connectivity index (χ1) is 20.2. The molecule has 0 amide bonds. The number of pyridine rings is 2. The van der Waals surface area contributed by atoms with Gasteiger partial charge in [-0.2, -0.15) is 9.13 Å². The molecule has 1 atom stereocenters. The molecule has 0 saturated heterocycles. The first kappa shape index (κ1) is 26.7. The van der Waals surface area contributed by atoms with E-state index in [1.165, 1.54) is 49.8 Å². The SMILES string of the molecule is CCN1C=CC(CC=C(C=Cc2cc[n+](CC)c3ccccc23)c2cc[n+](CC)c3ccccc23)c2ccccc21. The van der Waals surface area contributed by atoms with Crippen LogP contribution in [0.2, 0.25) is 0 Å². The quantitative estimate of drug-likeness (QED) is 0.143. The van der Waals surface area contributed by atoms with E-state index in [2.05, 4.69) is 163 Å². The predicted octanol–water partition coefficient (Wildman–Crippen LogP) is 8.23. The van der Waals surface area contributed by atoms with Gasteiger partial charge >= 0.3 is 0 Å². The van der Waals surface area contributed by atoms with Crippen molar-refractivity contribution in [2.75, 3.05) is 11.4 Å². The minimum atomic E-state index is 0.342. The average Bonchev–Trinajstić information content (AvgIpc) is 3.04. The summed E-state index contributed by atoms with van der Waals surface area (Å²) in [7, 11) is 0. The Labute approximate surface area is 244 Å². The molecule has 204 valence electrons. The molecule has 41 heavy (non-hydrogen) atoms. The number of aromatic nitrogens is 2. The summed E-state index contributed by atoms with van der Waals surface area (Å²) in [5, 5.41) is 2.56. The van der Waals surface area contributed by atoms with Crippen LogP contribution in [0, 0.1) is 0 Å². The number of aryl methyl sites for hydroxylation is 2. The number of fused-ring (bicyclic) bond motifs is 3. The van der Waals surface area contributed by atoms with Crippen LogP contribution in [0.3, 0.4) is 0 Å². The molecule has 0 radical (unpaired) electrons. The molecule has 1 aliphatic rings. The predicted molar refractivity (Wildman–Crippen MR) is 173 cm³/mol. The summed E-state index contributed by atoms with van der Waals surface area (Å²) in [5.74, 6) is 0.342. The normalized spacial score (nSPS) is 15.2. The summed E-state index contributed by atoms with van der Waals surface area (Å²) < 4.78 is 4.64. The van der Waals surface area contributed by atoms with Gasteiger partial charge in [-0.3, -0.25) is 0 Å². The zero-order valence-electron chi connectivity index (χ0n) is 24.4. The van der Waals surface area contributed by atoms with Crippen LogP contribution in [0.1, 0.15) is 49.8 Å². The van der Waals surface area contributed by atoms with E-state index >= 15 is 0 Å². The molecule has 3 heterocycles. The van der Waals surface area contributed by atoms with E-state index in [1.807, 2.05) is 0 Å². The highest BCUT2D eigenvalue weighted by atomic mass is 15.1. The van der Waals surface area contributed by atoms with E-state index in [4.69, 9.17) is 0 Å². The van der Waals surface area contributed by atoms with E-state index in [0.29, 0.717) is 5.92 Å². The maximum atomic E-state index is 2.44. The van der Waals surface area contributed by atoms with Crippen LogP contribution in [0.5, 0.6) is 0 Å². The molecule has 0 saturated carbocycles. The van der Waals surface area contributed by atoms with Crippen molar-refractivity contribution in [3.8, 4) is 0 Å². The summed E-state index contributed by atoms with van der Waals surface area (Å²) >= 11 is 0. The summed E-state index contributed by atoms with van der Waals surface area (Å²) in [4.78, 5) is 2.34. The van der Waals surface area contributed by atoms with Crippen molar-refractivity contribution < 1.29 is 9.13 Å². The van der Waals surface area contributed by atoms with Gasteiger partial charge in [0.15, 0.2) is 12.4 Å². The second-order valence-electron chi connectivity index (χ2n) is 10.6. The minimum Gasteiger partial charge on any atom is -0.348 e. The first-order valence-electron chi connectivity index (χ1n) is 15.0. The van der Waals surface area contributed by atoms with E-state index in [-0.39, 0.29) is 0 Å². The molecule has 1 unspecified atom stereocenters. The van der Waals surface area contributed by atoms with Crippen molar-refractivity contribution in [2.45, 2.75) is 46.2 Å². The lowest BCUT2D eigenvalue weighted by Gasteiger charge is -2.29. The van der Waals surface area contributed by atoms with Crippen molar-refractivity contribution >= 4 is 39.1 Å². The molecule has 0 fully saturated rings. The first-order valence-corrected chi connectivity index (χ1v) is 15.0. The number of para-hydroxylation sites is 3. The van der Waals surface area contributed by atoms with Gasteiger partial charge in [0.1, 0.15) is 13.1 Å². The van der Waals surface area contributed by atoms with Crippen LogP contribution < -0.4 is 14.0 Å². The molecule has 3 heteroatoms. The van der Waals surface area contributed by atoms with Gasteiger partial charge in [0.05, 0.1) is 10.8 Å². The van der Waals surface area contributed by atoms with Crippen molar-refractivity contribution in [2.24, 2.45) is 0 Å². The third kappa shape index (κ3) is 5.20. The van der Waals surface area contributed by atoms with Crippen LogP contribution >= 0.6 is 0 Å². The van der Waals surface area contributed by atoms with Gasteiger partial charge in [0.2, 0.25) is 11.0 Å². The molecule has 3 nitrogen and oxygen atoms in total. The minimum absolute atomic E-state index is 0.342. The fourth-order valence-corrected chi connectivity index (χ4v) is 6.18. The fourth-order valence-electron chi connectivity index (χ4n) is 6.18. The lowest BCUT2D eigenvalue weighted by atomic mass is 9.89. The number of hydrogen-bond acceptors (Lipinski definition) is 1. The molecule has 1 aliphatic heterocycles. The smallest absolute Gasteiger partial charge is 0.213 e. The summed E-state index contributed by atoms with van der Waals surface area (Å²) in [6.45, 7) is 9.49. The molecule has 6 rings (SSSR count). The Bertz CT molecular complexity index is 1790. The molecular weight excluding hydrogens is 498 g/mol. The van der Waals surface area contributed by atoms with Gasteiger partial charge in [0.25, 0.3) is 0 Å². The number of rotatable bonds is 8. The molecule has 5 aromatic rings. The highest BCUT2D eigenvalue weighted by Gasteiger charge is 2.20. The number of benzene rings is 3. The van der Waals surface area contributed by atoms with Crippen molar-refractivity contribution in [1.29, 1.82) is 0 Å². The summed E-state index contributed by atoms with van der Waals surface area (Å²) in [5.41, 5.74) is 9.02. The Balaban J connectivity index is 1.46. The molecule has 3 aromatic carbocycles. The van der Waals surface area contributed by atoms with Crippen LogP contribution in [-0.4, -0.2) is 6.54 Å². The van der Waals surface area contributed by atoms with Gasteiger partial charge in [-0.25, -0.2) is 0 Å². The van der Waals surface area contributed by atoms with Crippen LogP contribution in [0.25, 0.3) is 33.5 Å². The Hall–Kier alpha value is -4.50. The van der Waals surface area contributed by atoms with Gasteiger partial charge in [0, 0.05) is 54.2 Å². The fraction of sp³-hybridized carbons (Fsp3) is 0.211. The molecule has 0 aliphatic carbocycles. The lowest BCUT2D eigenvalue weighted by Crippen LogP contribution is -2.32. The largest absolute Gasteiger partial charge is 0.348 e. The average molecular weight is 538 g/mol. The molecule has 0 N–H and O–H groups in total. The summed E-state index contributed by atoms with van der Waals surface area (Å²) in [6, 6.07) is 30.9. The zero-order valence-corrected chi connectivity index (χ0v) is 24.4. The van der Waals surface area contributed by atoms with Gasteiger partial charge in [-0.05, 0) is 62.1 Å². The van der Waals surface area contributed by atoms with E-state index in [1.54, 1.807) is 0 Å². The van der Waals surface area contributed by atoms with Crippen LogP contribution in [-0.2, 0) is 13.1 Å². The Morgan fingerprint density at radius 3 is 2.17 bits per heavy atom. The van der Waals surface area contributed by atoms with Gasteiger partial charge in [-0.15, -0.1) is 0 Å². The molecule has 0 spiro atoms. The van der Waals surface area contributed by atoms with Crippen LogP contribution in [0.15, 0.2) is 122 Å². The highest BCUT2D eigenvalue weighted by Crippen LogP contribution is 2.36. The van der Waals surface area contributed by atoms with Gasteiger partial charge < -0.3 is 4.90 Å². The van der Waals surface area contributed by atoms with Crippen molar-refractivity contribution in [3.63, 3.8) is 0 Å². The van der Waals surface area contributed by atoms with Crippen molar-refractivity contribution in [3.05, 3.63) is 138 Å². The second kappa shape index (κ2) is 11.9. The van der Waals surface area contributed by atoms with E-state index < -0.39 is 0 Å². The van der Waals surface area contributed by atoms with Crippen LogP contribution in [0.4, 0.5) is 5.69 Å². The van der Waals surface area contributed by atoms with Crippen molar-refractivity contribution in [1.82, 2.24) is 0 Å². The maximum Gasteiger partial charge on any atom is 0.213 e. The monoisotopic (exact) mass is 537 g/mol. The summed E-state index contributed by atoms with van der Waals surface area (Å²) in [6.07, 6.45) is 17.1. The van der Waals surface area contributed by atoms with E-state index in [9.17, 15) is 0 Å². The number of nitrogens with zero attached hydrogens (tertiary/aromatic N) is 3. The molecule has 0 bridgehead atoms. The van der Waals surface area contributed by atoms with E-state index in [0.717, 1.165) is 26.1 Å². The Kier molecular flexibility index (Phi) is 7.78. The third-order valence-corrected chi connectivity index (χ3v) is 8.39. The third-order valence-electron chi connectivity index (χ3n) is 8.39.